The Morgan fingerprint density at radius 1 is 0.765 bits per heavy atom. The van der Waals surface area contributed by atoms with E-state index in [0.717, 1.165) is 16.7 Å². The second-order valence-corrected chi connectivity index (χ2v) is 9.36. The molecule has 1 N–H and O–H groups in total. The quantitative estimate of drug-likeness (QED) is 0.444. The summed E-state index contributed by atoms with van der Waals surface area (Å²) in [7, 11) is 0. The first-order chi connectivity index (χ1) is 16.3. The first-order valence-corrected chi connectivity index (χ1v) is 12.1. The maximum Gasteiger partial charge on any atom is 0.243 e. The van der Waals surface area contributed by atoms with E-state index >= 15 is 0 Å². The van der Waals surface area contributed by atoms with Gasteiger partial charge in [-0.15, -0.1) is 0 Å². The molecule has 178 valence electrons. The summed E-state index contributed by atoms with van der Waals surface area (Å²) in [4.78, 5) is 28.7. The van der Waals surface area contributed by atoms with Gasteiger partial charge in [-0.05, 0) is 50.8 Å². The van der Waals surface area contributed by atoms with Gasteiger partial charge in [0.15, 0.2) is 0 Å². The van der Waals surface area contributed by atoms with Crippen molar-refractivity contribution in [3.8, 4) is 0 Å². The highest BCUT2D eigenvalue weighted by Crippen LogP contribution is 2.18. The van der Waals surface area contributed by atoms with Gasteiger partial charge in [0, 0.05) is 25.4 Å². The Balaban J connectivity index is 1.89. The molecular formula is C30H36N2O2. The molecule has 3 aromatic rings. The Morgan fingerprint density at radius 2 is 1.32 bits per heavy atom. The first kappa shape index (κ1) is 25.2. The molecule has 3 aromatic carbocycles. The largest absolute Gasteiger partial charge is 0.352 e. The number of carbonyl (C=O) groups is 2. The summed E-state index contributed by atoms with van der Waals surface area (Å²) in [5.41, 5.74) is 5.54. The third-order valence-corrected chi connectivity index (χ3v) is 5.92. The molecule has 2 amide bonds. The number of nitrogens with one attached hydrogen (secondary N) is 1. The molecule has 0 aliphatic rings. The SMILES string of the molecule is Cc1ccc(CCC(=O)N(Cc2ccc(C)cc2)C(Cc2ccccc2)C(=O)NC(C)C)cc1. The van der Waals surface area contributed by atoms with Crippen LogP contribution >= 0.6 is 0 Å². The monoisotopic (exact) mass is 456 g/mol. The van der Waals surface area contributed by atoms with Crippen molar-refractivity contribution >= 4 is 11.8 Å². The van der Waals surface area contributed by atoms with Crippen LogP contribution in [0.3, 0.4) is 0 Å². The van der Waals surface area contributed by atoms with Crippen LogP contribution in [0.25, 0.3) is 0 Å². The molecule has 0 spiro atoms. The Labute approximate surface area is 204 Å². The average Bonchev–Trinajstić information content (AvgIpc) is 2.82. The number of amides is 2. The van der Waals surface area contributed by atoms with E-state index in [1.54, 1.807) is 4.90 Å². The summed E-state index contributed by atoms with van der Waals surface area (Å²) >= 11 is 0. The molecule has 1 unspecified atom stereocenters. The Hall–Kier alpha value is -3.40. The lowest BCUT2D eigenvalue weighted by molar-refractivity contribution is -0.141. The summed E-state index contributed by atoms with van der Waals surface area (Å²) in [5, 5.41) is 3.04. The van der Waals surface area contributed by atoms with Crippen LogP contribution in [-0.2, 0) is 29.0 Å². The van der Waals surface area contributed by atoms with E-state index in [2.05, 4.69) is 36.5 Å². The predicted octanol–water partition coefficient (Wildman–Crippen LogP) is 5.40. The van der Waals surface area contributed by atoms with E-state index in [4.69, 9.17) is 0 Å². The van der Waals surface area contributed by atoms with Gasteiger partial charge < -0.3 is 10.2 Å². The van der Waals surface area contributed by atoms with Crippen LogP contribution < -0.4 is 5.32 Å². The van der Waals surface area contributed by atoms with Crippen molar-refractivity contribution < 1.29 is 9.59 Å². The summed E-state index contributed by atoms with van der Waals surface area (Å²) in [6, 6.07) is 25.8. The molecule has 1 atom stereocenters. The van der Waals surface area contributed by atoms with Gasteiger partial charge in [-0.25, -0.2) is 0 Å². The molecule has 4 nitrogen and oxygen atoms in total. The highest BCUT2D eigenvalue weighted by atomic mass is 16.2. The number of carbonyl (C=O) groups excluding carboxylic acids is 2. The van der Waals surface area contributed by atoms with Crippen molar-refractivity contribution in [1.82, 2.24) is 10.2 Å². The van der Waals surface area contributed by atoms with Crippen molar-refractivity contribution in [3.05, 3.63) is 107 Å². The molecule has 0 saturated heterocycles. The van der Waals surface area contributed by atoms with E-state index in [1.807, 2.05) is 75.4 Å². The van der Waals surface area contributed by atoms with E-state index in [1.165, 1.54) is 11.1 Å². The predicted molar refractivity (Wildman–Crippen MR) is 138 cm³/mol. The fourth-order valence-electron chi connectivity index (χ4n) is 3.97. The van der Waals surface area contributed by atoms with Crippen LogP contribution in [0, 0.1) is 13.8 Å². The van der Waals surface area contributed by atoms with E-state index in [-0.39, 0.29) is 17.9 Å². The highest BCUT2D eigenvalue weighted by molar-refractivity contribution is 5.88. The van der Waals surface area contributed by atoms with Gasteiger partial charge in [0.2, 0.25) is 11.8 Å². The van der Waals surface area contributed by atoms with Gasteiger partial charge in [-0.3, -0.25) is 9.59 Å². The number of nitrogens with zero attached hydrogens (tertiary/aromatic N) is 1. The topological polar surface area (TPSA) is 49.4 Å². The van der Waals surface area contributed by atoms with Gasteiger partial charge in [0.05, 0.1) is 0 Å². The normalized spacial score (nSPS) is 11.8. The fraction of sp³-hybridized carbons (Fsp3) is 0.333. The number of hydrogen-bond donors (Lipinski definition) is 1. The zero-order valence-electron chi connectivity index (χ0n) is 20.8. The van der Waals surface area contributed by atoms with Gasteiger partial charge in [-0.1, -0.05) is 90.0 Å². The van der Waals surface area contributed by atoms with E-state index in [0.29, 0.717) is 25.8 Å². The van der Waals surface area contributed by atoms with E-state index < -0.39 is 6.04 Å². The van der Waals surface area contributed by atoms with Crippen LogP contribution in [0.15, 0.2) is 78.9 Å². The third-order valence-electron chi connectivity index (χ3n) is 5.92. The van der Waals surface area contributed by atoms with E-state index in [9.17, 15) is 9.59 Å². The number of rotatable bonds is 10. The van der Waals surface area contributed by atoms with Crippen LogP contribution in [0.4, 0.5) is 0 Å². The molecule has 0 bridgehead atoms. The highest BCUT2D eigenvalue weighted by Gasteiger charge is 2.30. The van der Waals surface area contributed by atoms with Crippen molar-refractivity contribution in [3.63, 3.8) is 0 Å². The first-order valence-electron chi connectivity index (χ1n) is 12.1. The molecule has 0 aliphatic heterocycles. The van der Waals surface area contributed by atoms with Crippen molar-refractivity contribution in [2.75, 3.05) is 0 Å². The van der Waals surface area contributed by atoms with Crippen LogP contribution in [0.1, 0.15) is 48.1 Å². The van der Waals surface area contributed by atoms with Gasteiger partial charge in [0.1, 0.15) is 6.04 Å². The lowest BCUT2D eigenvalue weighted by Gasteiger charge is -2.32. The molecule has 4 heteroatoms. The molecule has 0 aliphatic carbocycles. The van der Waals surface area contributed by atoms with Crippen LogP contribution in [-0.4, -0.2) is 28.8 Å². The maximum atomic E-state index is 13.6. The Kier molecular flexibility index (Phi) is 9.03. The van der Waals surface area contributed by atoms with Crippen LogP contribution in [0.5, 0.6) is 0 Å². The molecule has 0 aromatic heterocycles. The molecule has 0 saturated carbocycles. The van der Waals surface area contributed by atoms with Gasteiger partial charge in [-0.2, -0.15) is 0 Å². The van der Waals surface area contributed by atoms with Gasteiger partial charge >= 0.3 is 0 Å². The average molecular weight is 457 g/mol. The van der Waals surface area contributed by atoms with Crippen LogP contribution in [0.2, 0.25) is 0 Å². The third kappa shape index (κ3) is 7.58. The molecule has 0 heterocycles. The van der Waals surface area contributed by atoms with Crippen molar-refractivity contribution in [2.45, 2.75) is 65.6 Å². The van der Waals surface area contributed by atoms with Crippen molar-refractivity contribution in [2.24, 2.45) is 0 Å². The zero-order chi connectivity index (χ0) is 24.5. The minimum Gasteiger partial charge on any atom is -0.352 e. The molecule has 34 heavy (non-hydrogen) atoms. The second kappa shape index (κ2) is 12.2. The summed E-state index contributed by atoms with van der Waals surface area (Å²) < 4.78 is 0. The lowest BCUT2D eigenvalue weighted by atomic mass is 10.0. The summed E-state index contributed by atoms with van der Waals surface area (Å²) in [6.07, 6.45) is 1.48. The number of aryl methyl sites for hydroxylation is 3. The Bertz CT molecular complexity index is 1060. The minimum atomic E-state index is -0.586. The molecule has 0 radical (unpaired) electrons. The lowest BCUT2D eigenvalue weighted by Crippen LogP contribution is -2.51. The summed E-state index contributed by atoms with van der Waals surface area (Å²) in [6.45, 7) is 8.39. The number of hydrogen-bond acceptors (Lipinski definition) is 2. The number of benzene rings is 3. The molecular weight excluding hydrogens is 420 g/mol. The minimum absolute atomic E-state index is 0.00495. The fourth-order valence-corrected chi connectivity index (χ4v) is 3.97. The van der Waals surface area contributed by atoms with Crippen molar-refractivity contribution in [1.29, 1.82) is 0 Å². The summed E-state index contributed by atoms with van der Waals surface area (Å²) in [5.74, 6) is -0.129. The second-order valence-electron chi connectivity index (χ2n) is 9.36. The van der Waals surface area contributed by atoms with Gasteiger partial charge in [0.25, 0.3) is 0 Å². The smallest absolute Gasteiger partial charge is 0.243 e. The maximum absolute atomic E-state index is 13.6. The molecule has 3 rings (SSSR count). The zero-order valence-corrected chi connectivity index (χ0v) is 20.8. The molecule has 0 fully saturated rings. The Morgan fingerprint density at radius 3 is 1.88 bits per heavy atom. The standard InChI is InChI=1S/C30H36N2O2/c1-22(2)31-30(34)28(20-26-8-6-5-7-9-26)32(21-27-16-12-24(4)13-17-27)29(33)19-18-25-14-10-23(3)11-15-25/h5-17,22,28H,18-21H2,1-4H3,(H,31,34).